The van der Waals surface area contributed by atoms with Crippen molar-refractivity contribution in [1.29, 1.82) is 0 Å². The quantitative estimate of drug-likeness (QED) is 0.322. The van der Waals surface area contributed by atoms with E-state index in [0.29, 0.717) is 22.5 Å². The summed E-state index contributed by atoms with van der Waals surface area (Å²) in [5.74, 6) is 0.486. The molecule has 0 amide bonds. The average Bonchev–Trinajstić information content (AvgIpc) is 3.23. The number of carbonyl (C=O) groups is 2. The van der Waals surface area contributed by atoms with Gasteiger partial charge in [-0.1, -0.05) is 34.1 Å². The zero-order valence-electron chi connectivity index (χ0n) is 14.2. The van der Waals surface area contributed by atoms with E-state index in [0.717, 1.165) is 26.2 Å². The summed E-state index contributed by atoms with van der Waals surface area (Å²) >= 11 is 6.93. The Bertz CT molecular complexity index is 1200. The summed E-state index contributed by atoms with van der Waals surface area (Å²) in [6.45, 7) is 1.76. The van der Waals surface area contributed by atoms with Gasteiger partial charge in [-0.3, -0.25) is 14.2 Å². The van der Waals surface area contributed by atoms with Crippen molar-refractivity contribution in [1.82, 2.24) is 4.57 Å². The van der Waals surface area contributed by atoms with Crippen molar-refractivity contribution < 1.29 is 14.0 Å². The molecular weight excluding hydrogens is 474 g/mol. The van der Waals surface area contributed by atoms with Crippen molar-refractivity contribution in [2.45, 2.75) is 6.92 Å². The number of aromatic nitrogens is 1. The number of rotatable bonds is 3. The Labute approximate surface area is 172 Å². The molecular formula is C21H13Br2NO3. The first-order valence-electron chi connectivity index (χ1n) is 8.16. The summed E-state index contributed by atoms with van der Waals surface area (Å²) in [4.78, 5) is 24.6. The topological polar surface area (TPSA) is 52.2 Å². The first-order chi connectivity index (χ1) is 13.0. The number of carbonyl (C=O) groups excluding carboxylic acids is 2. The molecule has 4 aromatic rings. The van der Waals surface area contributed by atoms with Crippen molar-refractivity contribution in [3.8, 4) is 11.3 Å². The van der Waals surface area contributed by atoms with Crippen LogP contribution in [0.5, 0.6) is 0 Å². The third kappa shape index (κ3) is 2.99. The number of nitrogens with zero attached hydrogens (tertiary/aromatic N) is 1. The van der Waals surface area contributed by atoms with Crippen molar-refractivity contribution in [3.05, 3.63) is 80.6 Å². The molecule has 0 N–H and O–H groups in total. The van der Waals surface area contributed by atoms with Crippen molar-refractivity contribution in [2.24, 2.45) is 0 Å². The monoisotopic (exact) mass is 485 g/mol. The van der Waals surface area contributed by atoms with Crippen molar-refractivity contribution >= 4 is 55.0 Å². The minimum atomic E-state index is -0.309. The molecule has 4 nitrogen and oxygen atoms in total. The third-order valence-corrected chi connectivity index (χ3v) is 5.64. The zero-order chi connectivity index (χ0) is 19.1. The summed E-state index contributed by atoms with van der Waals surface area (Å²) in [6, 6.07) is 16.5. The van der Waals surface area contributed by atoms with E-state index in [1.165, 1.54) is 4.57 Å². The predicted molar refractivity (Wildman–Crippen MR) is 111 cm³/mol. The predicted octanol–water partition coefficient (Wildman–Crippen LogP) is 6.24. The molecule has 0 aliphatic carbocycles. The molecule has 2 heterocycles. The van der Waals surface area contributed by atoms with Crippen molar-refractivity contribution in [2.75, 3.05) is 0 Å². The van der Waals surface area contributed by atoms with Crippen LogP contribution in [-0.4, -0.2) is 16.8 Å². The van der Waals surface area contributed by atoms with E-state index in [4.69, 9.17) is 4.42 Å². The van der Waals surface area contributed by atoms with E-state index < -0.39 is 0 Å². The molecule has 0 radical (unpaired) electrons. The van der Waals surface area contributed by atoms with Gasteiger partial charge in [-0.15, -0.1) is 0 Å². The van der Waals surface area contributed by atoms with Crippen LogP contribution < -0.4 is 0 Å². The maximum Gasteiger partial charge on any atom is 0.298 e. The summed E-state index contributed by atoms with van der Waals surface area (Å²) in [6.07, 6.45) is 0.786. The molecule has 0 aliphatic rings. The molecule has 0 unspecified atom stereocenters. The first kappa shape index (κ1) is 17.9. The lowest BCUT2D eigenvalue weighted by Gasteiger charge is -2.05. The molecule has 0 saturated heterocycles. The smallest absolute Gasteiger partial charge is 0.298 e. The van der Waals surface area contributed by atoms with E-state index >= 15 is 0 Å². The van der Waals surface area contributed by atoms with Crippen LogP contribution >= 0.6 is 31.9 Å². The van der Waals surface area contributed by atoms with E-state index in [1.807, 2.05) is 42.5 Å². The lowest BCUT2D eigenvalue weighted by atomic mass is 10.1. The lowest BCUT2D eigenvalue weighted by molar-refractivity contribution is 0.0936. The number of aldehydes is 1. The summed E-state index contributed by atoms with van der Waals surface area (Å²) in [5.41, 5.74) is 2.64. The molecule has 0 saturated carbocycles. The van der Waals surface area contributed by atoms with Crippen LogP contribution in [0.25, 0.3) is 22.2 Å². The molecule has 2 aromatic heterocycles. The molecule has 0 aliphatic heterocycles. The van der Waals surface area contributed by atoms with Gasteiger partial charge in [-0.25, -0.2) is 0 Å². The molecule has 0 bridgehead atoms. The normalized spacial score (nSPS) is 11.1. The highest BCUT2D eigenvalue weighted by Crippen LogP contribution is 2.33. The largest absolute Gasteiger partial charge is 0.451 e. The molecule has 2 aromatic carbocycles. The molecule has 0 fully saturated rings. The molecule has 0 spiro atoms. The fourth-order valence-electron chi connectivity index (χ4n) is 3.20. The van der Waals surface area contributed by atoms with Crippen molar-refractivity contribution in [3.63, 3.8) is 0 Å². The average molecular weight is 487 g/mol. The first-order valence-corrected chi connectivity index (χ1v) is 9.75. The van der Waals surface area contributed by atoms with Gasteiger partial charge >= 0.3 is 0 Å². The Kier molecular flexibility index (Phi) is 4.61. The second-order valence-corrected chi connectivity index (χ2v) is 7.83. The van der Waals surface area contributed by atoms with Crippen LogP contribution in [0.4, 0.5) is 0 Å². The summed E-state index contributed by atoms with van der Waals surface area (Å²) in [5, 5.41) is 0.751. The van der Waals surface area contributed by atoms with Gasteiger partial charge in [0, 0.05) is 31.2 Å². The van der Waals surface area contributed by atoms with E-state index in [1.54, 1.807) is 19.1 Å². The van der Waals surface area contributed by atoms with Gasteiger partial charge in [-0.05, 0) is 59.3 Å². The number of furan rings is 1. The fourth-order valence-corrected chi connectivity index (χ4v) is 4.44. The molecule has 6 heteroatoms. The second-order valence-electron chi connectivity index (χ2n) is 6.06. The molecule has 4 rings (SSSR count). The Morgan fingerprint density at radius 3 is 2.59 bits per heavy atom. The van der Waals surface area contributed by atoms with Gasteiger partial charge in [-0.2, -0.15) is 0 Å². The number of para-hydroxylation sites is 1. The maximum atomic E-state index is 13.1. The van der Waals surface area contributed by atoms with Crippen LogP contribution in [0.3, 0.4) is 0 Å². The molecule has 0 atom stereocenters. The summed E-state index contributed by atoms with van der Waals surface area (Å²) < 4.78 is 9.17. The number of halogens is 2. The minimum absolute atomic E-state index is 0.209. The van der Waals surface area contributed by atoms with Gasteiger partial charge < -0.3 is 4.42 Å². The number of hydrogen-bond donors (Lipinski definition) is 0. The Morgan fingerprint density at radius 2 is 1.85 bits per heavy atom. The molecule has 134 valence electrons. The number of benzene rings is 2. The fraction of sp³-hybridized carbons (Fsp3) is 0.0476. The maximum absolute atomic E-state index is 13.1. The van der Waals surface area contributed by atoms with Gasteiger partial charge in [0.15, 0.2) is 12.0 Å². The van der Waals surface area contributed by atoms with E-state index in [2.05, 4.69) is 31.9 Å². The highest BCUT2D eigenvalue weighted by Gasteiger charge is 2.22. The highest BCUT2D eigenvalue weighted by molar-refractivity contribution is 9.11. The van der Waals surface area contributed by atoms with Gasteiger partial charge in [0.25, 0.3) is 5.91 Å². The van der Waals surface area contributed by atoms with Gasteiger partial charge in [0.05, 0.1) is 5.52 Å². The van der Waals surface area contributed by atoms with Crippen LogP contribution in [0.15, 0.2) is 68.0 Å². The number of hydrogen-bond acceptors (Lipinski definition) is 3. The van der Waals surface area contributed by atoms with Crippen LogP contribution in [-0.2, 0) is 0 Å². The molecule has 27 heavy (non-hydrogen) atoms. The van der Waals surface area contributed by atoms with E-state index in [9.17, 15) is 9.59 Å². The van der Waals surface area contributed by atoms with Gasteiger partial charge in [0.1, 0.15) is 5.76 Å². The highest BCUT2D eigenvalue weighted by atomic mass is 79.9. The standard InChI is InChI=1S/C21H13Br2NO3/c1-12-16(11-25)14-4-2-3-5-18(14)24(12)21(26)20-9-8-19(27-20)15-7-6-13(22)10-17(15)23/h2-11H,1H3. The third-order valence-electron chi connectivity index (χ3n) is 4.49. The Hall–Kier alpha value is -2.44. The summed E-state index contributed by atoms with van der Waals surface area (Å²) in [7, 11) is 0. The second kappa shape index (κ2) is 6.94. The lowest BCUT2D eigenvalue weighted by Crippen LogP contribution is -2.12. The van der Waals surface area contributed by atoms with Gasteiger partial charge in [0.2, 0.25) is 0 Å². The Morgan fingerprint density at radius 1 is 1.07 bits per heavy atom. The van der Waals surface area contributed by atoms with Crippen LogP contribution in [0, 0.1) is 6.92 Å². The van der Waals surface area contributed by atoms with Crippen LogP contribution in [0.1, 0.15) is 26.6 Å². The van der Waals surface area contributed by atoms with E-state index in [-0.39, 0.29) is 11.7 Å². The SMILES string of the molecule is Cc1c(C=O)c2ccccc2n1C(=O)c1ccc(-c2ccc(Br)cc2Br)o1. The Balaban J connectivity index is 1.81. The minimum Gasteiger partial charge on any atom is -0.451 e. The number of fused-ring (bicyclic) bond motifs is 1. The van der Waals surface area contributed by atoms with Crippen LogP contribution in [0.2, 0.25) is 0 Å². The zero-order valence-corrected chi connectivity index (χ0v) is 17.4.